The number of likely N-dealkylation sites (tertiary alicyclic amines) is 1. The summed E-state index contributed by atoms with van der Waals surface area (Å²) >= 11 is 3.70. The topological polar surface area (TPSA) is 21.1 Å². The fourth-order valence-electron chi connectivity index (χ4n) is 4.46. The first kappa shape index (κ1) is 19.7. The number of aryl methyl sites for hydroxylation is 1. The van der Waals surface area contributed by atoms with Crippen LogP contribution in [-0.4, -0.2) is 21.2 Å². The molecule has 0 unspecified atom stereocenters. The lowest BCUT2D eigenvalue weighted by Gasteiger charge is -2.29. The van der Waals surface area contributed by atoms with Crippen LogP contribution in [-0.2, 0) is 6.54 Å². The summed E-state index contributed by atoms with van der Waals surface area (Å²) in [5.74, 6) is 0. The van der Waals surface area contributed by atoms with E-state index in [4.69, 9.17) is 5.10 Å². The summed E-state index contributed by atoms with van der Waals surface area (Å²) in [6, 6.07) is 17.6. The van der Waals surface area contributed by atoms with Gasteiger partial charge in [0.2, 0.25) is 0 Å². The predicted molar refractivity (Wildman–Crippen MR) is 128 cm³/mol. The van der Waals surface area contributed by atoms with Gasteiger partial charge in [-0.25, -0.2) is 4.68 Å². The molecule has 5 rings (SSSR count). The fourth-order valence-corrected chi connectivity index (χ4v) is 6.30. The number of aromatic nitrogens is 2. The lowest BCUT2D eigenvalue weighted by molar-refractivity contribution is 0.195. The summed E-state index contributed by atoms with van der Waals surface area (Å²) in [5, 5.41) is 9.41. The minimum atomic E-state index is 0.517. The average Bonchev–Trinajstić information content (AvgIpc) is 3.49. The van der Waals surface area contributed by atoms with Crippen molar-refractivity contribution < 1.29 is 0 Å². The highest BCUT2D eigenvalue weighted by Gasteiger charge is 2.26. The first-order valence-corrected chi connectivity index (χ1v) is 12.5. The normalized spacial score (nSPS) is 17.8. The number of rotatable bonds is 5. The van der Waals surface area contributed by atoms with E-state index in [1.165, 1.54) is 41.7 Å². The monoisotopic (exact) mass is 433 g/mol. The zero-order valence-electron chi connectivity index (χ0n) is 17.3. The Balaban J connectivity index is 1.52. The summed E-state index contributed by atoms with van der Waals surface area (Å²) < 4.78 is 2.05. The van der Waals surface area contributed by atoms with Crippen LogP contribution in [0.4, 0.5) is 0 Å². The van der Waals surface area contributed by atoms with Crippen LogP contribution >= 0.6 is 22.7 Å². The minimum Gasteiger partial charge on any atom is -0.291 e. The van der Waals surface area contributed by atoms with Crippen molar-refractivity contribution in [1.82, 2.24) is 14.7 Å². The van der Waals surface area contributed by atoms with Crippen molar-refractivity contribution in [1.29, 1.82) is 0 Å². The largest absolute Gasteiger partial charge is 0.291 e. The molecule has 0 amide bonds. The maximum atomic E-state index is 5.02. The number of benzene rings is 1. The van der Waals surface area contributed by atoms with E-state index in [1.54, 1.807) is 16.2 Å². The molecule has 30 heavy (non-hydrogen) atoms. The van der Waals surface area contributed by atoms with Crippen LogP contribution < -0.4 is 0 Å². The van der Waals surface area contributed by atoms with Gasteiger partial charge in [-0.3, -0.25) is 4.90 Å². The Labute approximate surface area is 186 Å². The molecule has 154 valence electrons. The molecule has 0 bridgehead atoms. The Morgan fingerprint density at radius 3 is 2.63 bits per heavy atom. The molecule has 1 aliphatic heterocycles. The second kappa shape index (κ2) is 8.88. The molecular weight excluding hydrogens is 406 g/mol. The highest BCUT2D eigenvalue weighted by molar-refractivity contribution is 7.13. The van der Waals surface area contributed by atoms with E-state index in [0.717, 1.165) is 24.5 Å². The average molecular weight is 434 g/mol. The molecule has 4 heterocycles. The van der Waals surface area contributed by atoms with Crippen molar-refractivity contribution in [3.05, 3.63) is 81.5 Å². The van der Waals surface area contributed by atoms with E-state index in [-0.39, 0.29) is 0 Å². The fraction of sp³-hybridized carbons (Fsp3) is 0.320. The molecule has 0 saturated carbocycles. The molecule has 0 spiro atoms. The van der Waals surface area contributed by atoms with Crippen molar-refractivity contribution in [2.75, 3.05) is 6.54 Å². The van der Waals surface area contributed by atoms with Gasteiger partial charge in [0, 0.05) is 29.2 Å². The molecule has 0 aliphatic carbocycles. The molecular formula is C25H27N3S2. The molecule has 3 aromatic heterocycles. The van der Waals surface area contributed by atoms with Crippen LogP contribution in [0.5, 0.6) is 0 Å². The third kappa shape index (κ3) is 4.02. The van der Waals surface area contributed by atoms with E-state index in [0.29, 0.717) is 6.04 Å². The molecule has 0 N–H and O–H groups in total. The highest BCUT2D eigenvalue weighted by Crippen LogP contribution is 2.37. The Morgan fingerprint density at radius 1 is 0.967 bits per heavy atom. The van der Waals surface area contributed by atoms with Crippen molar-refractivity contribution in [3.8, 4) is 16.3 Å². The van der Waals surface area contributed by atoms with Crippen LogP contribution in [0.25, 0.3) is 16.3 Å². The summed E-state index contributed by atoms with van der Waals surface area (Å²) in [6.07, 6.45) is 7.43. The minimum absolute atomic E-state index is 0.517. The smallest absolute Gasteiger partial charge is 0.107 e. The SMILES string of the molecule is Cc1ccsc1[C@@H]1CCCCCN1Cc1cn(-c2ccccc2)nc1-c1cccs1. The standard InChI is InChI=1S/C25H27N3S2/c1-19-13-16-30-25(19)22-11-6-3-7-14-27(22)17-20-18-28(21-9-4-2-5-10-21)26-24(20)23-12-8-15-29-23/h2,4-5,8-10,12-13,15-16,18,22H,3,6-7,11,14,17H2,1H3/t22-/m0/s1. The molecule has 1 fully saturated rings. The third-order valence-electron chi connectivity index (χ3n) is 6.01. The lowest BCUT2D eigenvalue weighted by atomic mass is 10.0. The summed E-state index contributed by atoms with van der Waals surface area (Å²) in [5.41, 5.74) is 5.00. The van der Waals surface area contributed by atoms with E-state index < -0.39 is 0 Å². The number of hydrogen-bond acceptors (Lipinski definition) is 4. The first-order chi connectivity index (χ1) is 14.8. The maximum absolute atomic E-state index is 5.02. The molecule has 1 saturated heterocycles. The van der Waals surface area contributed by atoms with Crippen LogP contribution in [0.15, 0.2) is 65.5 Å². The first-order valence-electron chi connectivity index (χ1n) is 10.8. The van der Waals surface area contributed by atoms with Crippen LogP contribution in [0.1, 0.15) is 47.7 Å². The van der Waals surface area contributed by atoms with Crippen molar-refractivity contribution in [2.24, 2.45) is 0 Å². The number of hydrogen-bond donors (Lipinski definition) is 0. The quantitative estimate of drug-likeness (QED) is 0.335. The zero-order valence-corrected chi connectivity index (χ0v) is 19.0. The van der Waals surface area contributed by atoms with Gasteiger partial charge >= 0.3 is 0 Å². The van der Waals surface area contributed by atoms with Gasteiger partial charge < -0.3 is 0 Å². The van der Waals surface area contributed by atoms with Crippen molar-refractivity contribution >= 4 is 22.7 Å². The molecule has 4 aromatic rings. The molecule has 1 aromatic carbocycles. The van der Waals surface area contributed by atoms with E-state index in [1.807, 2.05) is 16.0 Å². The summed E-state index contributed by atoms with van der Waals surface area (Å²) in [6.45, 7) is 4.36. The molecule has 5 heteroatoms. The molecule has 1 atom stereocenters. The summed E-state index contributed by atoms with van der Waals surface area (Å²) in [4.78, 5) is 5.50. The maximum Gasteiger partial charge on any atom is 0.107 e. The Morgan fingerprint density at radius 2 is 1.87 bits per heavy atom. The van der Waals surface area contributed by atoms with Gasteiger partial charge in [-0.1, -0.05) is 37.1 Å². The molecule has 1 aliphatic rings. The lowest BCUT2D eigenvalue weighted by Crippen LogP contribution is -2.28. The van der Waals surface area contributed by atoms with E-state index in [2.05, 4.69) is 77.3 Å². The van der Waals surface area contributed by atoms with Gasteiger partial charge in [0.15, 0.2) is 0 Å². The Kier molecular flexibility index (Phi) is 5.84. The van der Waals surface area contributed by atoms with Gasteiger partial charge in [-0.05, 0) is 66.9 Å². The van der Waals surface area contributed by atoms with Gasteiger partial charge in [0.1, 0.15) is 5.69 Å². The van der Waals surface area contributed by atoms with Crippen LogP contribution in [0, 0.1) is 6.92 Å². The summed E-state index contributed by atoms with van der Waals surface area (Å²) in [7, 11) is 0. The molecule has 0 radical (unpaired) electrons. The second-order valence-electron chi connectivity index (χ2n) is 8.06. The van der Waals surface area contributed by atoms with Crippen molar-refractivity contribution in [3.63, 3.8) is 0 Å². The Hall–Kier alpha value is -2.21. The molecule has 3 nitrogen and oxygen atoms in total. The number of nitrogens with zero attached hydrogens (tertiary/aromatic N) is 3. The number of thiophene rings is 2. The zero-order chi connectivity index (χ0) is 20.3. The third-order valence-corrected chi connectivity index (χ3v) is 8.00. The van der Waals surface area contributed by atoms with Gasteiger partial charge in [0.25, 0.3) is 0 Å². The van der Waals surface area contributed by atoms with Gasteiger partial charge in [-0.2, -0.15) is 5.10 Å². The van der Waals surface area contributed by atoms with E-state index >= 15 is 0 Å². The highest BCUT2D eigenvalue weighted by atomic mass is 32.1. The Bertz CT molecular complexity index is 1080. The van der Waals surface area contributed by atoms with Crippen LogP contribution in [0.2, 0.25) is 0 Å². The van der Waals surface area contributed by atoms with Gasteiger partial charge in [-0.15, -0.1) is 22.7 Å². The van der Waals surface area contributed by atoms with Gasteiger partial charge in [0.05, 0.1) is 10.6 Å². The van der Waals surface area contributed by atoms with E-state index in [9.17, 15) is 0 Å². The van der Waals surface area contributed by atoms with Crippen molar-refractivity contribution in [2.45, 2.75) is 45.2 Å². The predicted octanol–water partition coefficient (Wildman–Crippen LogP) is 7.09. The second-order valence-corrected chi connectivity index (χ2v) is 9.96. The number of para-hydroxylation sites is 1. The van der Waals surface area contributed by atoms with Crippen LogP contribution in [0.3, 0.4) is 0 Å².